The van der Waals surface area contributed by atoms with Gasteiger partial charge in [0, 0.05) is 69.6 Å². The van der Waals surface area contributed by atoms with Crippen LogP contribution in [0.2, 0.25) is 0 Å². The quantitative estimate of drug-likeness (QED) is 0.0889. The van der Waals surface area contributed by atoms with E-state index in [2.05, 4.69) is 45.1 Å². The molecule has 6 aromatic rings. The Morgan fingerprint density at radius 2 is 1.05 bits per heavy atom. The number of sulfonamides is 2. The number of nitrogens with zero attached hydrogens (tertiary/aromatic N) is 9. The maximum atomic E-state index is 12.7. The molecular weight excluding hydrogens is 869 g/mol. The number of hydrogen-bond donors (Lipinski definition) is 1. The van der Waals surface area contributed by atoms with Crippen molar-refractivity contribution in [1.29, 1.82) is 0 Å². The molecule has 2 aromatic carbocycles. The maximum absolute atomic E-state index is 12.7. The average molecular weight is 913 g/mol. The van der Waals surface area contributed by atoms with Crippen LogP contribution in [0.15, 0.2) is 82.2 Å². The fraction of sp³-hybridized carbons (Fsp3) is 0.415. The van der Waals surface area contributed by atoms with Crippen molar-refractivity contribution < 1.29 is 43.2 Å². The largest absolute Gasteiger partial charge is 0.415 e. The van der Waals surface area contributed by atoms with Crippen LogP contribution in [-0.4, -0.2) is 92.1 Å². The highest BCUT2D eigenvalue weighted by Gasteiger charge is 2.39. The molecule has 16 nitrogen and oxygen atoms in total. The van der Waals surface area contributed by atoms with Crippen molar-refractivity contribution in [3.8, 4) is 22.9 Å². The predicted molar refractivity (Wildman–Crippen MR) is 220 cm³/mol. The van der Waals surface area contributed by atoms with Crippen molar-refractivity contribution in [2.75, 3.05) is 20.1 Å². The normalized spacial score (nSPS) is 15.4. The van der Waals surface area contributed by atoms with Gasteiger partial charge in [0.15, 0.2) is 0 Å². The zero-order valence-corrected chi connectivity index (χ0v) is 36.0. The number of aryl methyl sites for hydroxylation is 2. The molecule has 2 fully saturated rings. The lowest BCUT2D eigenvalue weighted by Gasteiger charge is -2.24. The van der Waals surface area contributed by atoms with Gasteiger partial charge >= 0.3 is 12.9 Å². The van der Waals surface area contributed by atoms with Crippen LogP contribution in [0.1, 0.15) is 96.1 Å². The summed E-state index contributed by atoms with van der Waals surface area (Å²) >= 11 is 0. The summed E-state index contributed by atoms with van der Waals surface area (Å²) in [6, 6.07) is 15.8. The minimum atomic E-state index is -3.32. The van der Waals surface area contributed by atoms with E-state index in [0.29, 0.717) is 67.8 Å². The van der Waals surface area contributed by atoms with E-state index in [4.69, 9.17) is 8.83 Å². The summed E-state index contributed by atoms with van der Waals surface area (Å²) < 4.78 is 114. The lowest BCUT2D eigenvalue weighted by molar-refractivity contribution is 0.115. The number of likely N-dealkylation sites (N-methyl/N-ethyl adjacent to an activating group) is 1. The molecule has 1 N–H and O–H groups in total. The van der Waals surface area contributed by atoms with Crippen LogP contribution in [0.3, 0.4) is 0 Å². The van der Waals surface area contributed by atoms with Gasteiger partial charge in [-0.2, -0.15) is 17.6 Å². The highest BCUT2D eigenvalue weighted by molar-refractivity contribution is 7.90. The van der Waals surface area contributed by atoms with Gasteiger partial charge in [0.2, 0.25) is 20.0 Å². The second kappa shape index (κ2) is 19.4. The fourth-order valence-electron chi connectivity index (χ4n) is 6.48. The van der Waals surface area contributed by atoms with Gasteiger partial charge in [-0.3, -0.25) is 0 Å². The third-order valence-electron chi connectivity index (χ3n) is 10.5. The van der Waals surface area contributed by atoms with Crippen LogP contribution < -0.4 is 4.72 Å². The number of alkyl halides is 4. The molecule has 4 heterocycles. The molecule has 0 spiro atoms. The van der Waals surface area contributed by atoms with Crippen LogP contribution in [0, 0.1) is 13.8 Å². The molecule has 8 rings (SSSR count). The molecule has 0 radical (unpaired) electrons. The molecule has 63 heavy (non-hydrogen) atoms. The Labute approximate surface area is 361 Å². The standard InChI is InChI=1S/C21H23F2N5O3S.C20H21F2N5O3S/c1-13-3-5-14(6-4-13)15(12-28(2)32(29,30)17-7-8-17)9-18-24-10-16(11-25-18)20-26-27-21(31-20)19(22)23;1-12-2-4-13(5-3-12)14(11-25-31(28,29)16-6-7-16)8-17-23-9-15(10-24-17)19-26-27-20(30-19)18(21)22/h3-6,10-11,15,17,19H,7-9,12H2,1-2H3;2-5,9-10,14,16,18,25H,6-8,11H2,1H3. The number of nitrogens with one attached hydrogen (secondary N) is 1. The second-order valence-electron chi connectivity index (χ2n) is 15.5. The molecular formula is C41H44F4N10O6S2. The van der Waals surface area contributed by atoms with Crippen molar-refractivity contribution in [1.82, 2.24) is 49.4 Å². The smallest absolute Gasteiger partial charge is 0.314 e. The second-order valence-corrected chi connectivity index (χ2v) is 19.9. The van der Waals surface area contributed by atoms with Crippen molar-refractivity contribution >= 4 is 20.0 Å². The molecule has 0 amide bonds. The SMILES string of the molecule is Cc1ccc(C(CNS(=O)(=O)C2CC2)Cc2ncc(-c3nnc(C(F)F)o3)cn2)cc1.Cc1ccc(C(Cc2ncc(-c3nnc(C(F)F)o3)cn2)CN(C)S(=O)(=O)C2CC2)cc1. The minimum absolute atomic E-state index is 0.0859. The molecule has 2 atom stereocenters. The van der Waals surface area contributed by atoms with Gasteiger partial charge in [-0.25, -0.2) is 45.8 Å². The van der Waals surface area contributed by atoms with E-state index in [9.17, 15) is 34.4 Å². The third-order valence-corrected chi connectivity index (χ3v) is 14.7. The molecule has 0 saturated heterocycles. The minimum Gasteiger partial charge on any atom is -0.415 e. The summed E-state index contributed by atoms with van der Waals surface area (Å²) in [7, 11) is -5.02. The monoisotopic (exact) mass is 912 g/mol. The Hall–Kier alpha value is -5.58. The molecule has 2 aliphatic rings. The van der Waals surface area contributed by atoms with Crippen molar-refractivity contribution in [2.45, 2.75) is 87.6 Å². The first-order valence-corrected chi connectivity index (χ1v) is 23.0. The number of rotatable bonds is 18. The summed E-state index contributed by atoms with van der Waals surface area (Å²) in [6.45, 7) is 4.50. The highest BCUT2D eigenvalue weighted by Crippen LogP contribution is 2.33. The fourth-order valence-corrected chi connectivity index (χ4v) is 9.54. The van der Waals surface area contributed by atoms with E-state index in [1.807, 2.05) is 62.4 Å². The topological polar surface area (TPSA) is 213 Å². The van der Waals surface area contributed by atoms with Gasteiger partial charge in [0.1, 0.15) is 11.6 Å². The average Bonchev–Trinajstić information content (AvgIpc) is 4.21. The van der Waals surface area contributed by atoms with Gasteiger partial charge in [-0.05, 0) is 50.7 Å². The van der Waals surface area contributed by atoms with E-state index >= 15 is 0 Å². The van der Waals surface area contributed by atoms with E-state index < -0.39 is 44.7 Å². The molecule has 2 unspecified atom stereocenters. The summed E-state index contributed by atoms with van der Waals surface area (Å²) in [5.41, 5.74) is 4.81. The number of hydrogen-bond acceptors (Lipinski definition) is 14. The zero-order chi connectivity index (χ0) is 44.9. The number of halogens is 4. The van der Waals surface area contributed by atoms with E-state index in [1.54, 1.807) is 7.05 Å². The Morgan fingerprint density at radius 3 is 1.44 bits per heavy atom. The molecule has 0 aliphatic heterocycles. The summed E-state index contributed by atoms with van der Waals surface area (Å²) in [5, 5.41) is 13.2. The van der Waals surface area contributed by atoms with E-state index in [1.165, 1.54) is 29.1 Å². The molecule has 0 bridgehead atoms. The predicted octanol–water partition coefficient (Wildman–Crippen LogP) is 6.70. The maximum Gasteiger partial charge on any atom is 0.314 e. The van der Waals surface area contributed by atoms with Crippen LogP contribution >= 0.6 is 0 Å². The lowest BCUT2D eigenvalue weighted by Crippen LogP contribution is -2.34. The molecule has 334 valence electrons. The summed E-state index contributed by atoms with van der Waals surface area (Å²) in [5.74, 6) is -1.06. The van der Waals surface area contributed by atoms with Gasteiger partial charge in [0.25, 0.3) is 23.6 Å². The molecule has 2 saturated carbocycles. The summed E-state index contributed by atoms with van der Waals surface area (Å²) in [6.07, 6.45) is 3.59. The van der Waals surface area contributed by atoms with Crippen molar-refractivity contribution in [3.05, 3.63) is 119 Å². The van der Waals surface area contributed by atoms with E-state index in [0.717, 1.165) is 22.3 Å². The van der Waals surface area contributed by atoms with E-state index in [-0.39, 0.29) is 40.7 Å². The lowest BCUT2D eigenvalue weighted by atomic mass is 9.94. The van der Waals surface area contributed by atoms with Gasteiger partial charge in [-0.15, -0.1) is 20.4 Å². The highest BCUT2D eigenvalue weighted by atomic mass is 32.2. The Morgan fingerprint density at radius 1 is 0.635 bits per heavy atom. The first-order valence-electron chi connectivity index (χ1n) is 20.0. The van der Waals surface area contributed by atoms with Gasteiger partial charge in [0.05, 0.1) is 21.6 Å². The zero-order valence-electron chi connectivity index (χ0n) is 34.4. The Balaban J connectivity index is 0.000000189. The third kappa shape index (κ3) is 11.9. The number of aromatic nitrogens is 8. The van der Waals surface area contributed by atoms with Crippen LogP contribution in [0.25, 0.3) is 22.9 Å². The molecule has 22 heteroatoms. The molecule has 4 aromatic heterocycles. The Bertz CT molecular complexity index is 2660. The first-order chi connectivity index (χ1) is 30.0. The van der Waals surface area contributed by atoms with Crippen molar-refractivity contribution in [2.24, 2.45) is 0 Å². The molecule has 2 aliphatic carbocycles. The number of benzene rings is 2. The Kier molecular flexibility index (Phi) is 14.0. The van der Waals surface area contributed by atoms with Crippen LogP contribution in [-0.2, 0) is 32.9 Å². The summed E-state index contributed by atoms with van der Waals surface area (Å²) in [4.78, 5) is 17.2. The van der Waals surface area contributed by atoms with Gasteiger partial charge in [-0.1, -0.05) is 59.7 Å². The van der Waals surface area contributed by atoms with Gasteiger partial charge < -0.3 is 8.83 Å². The first kappa shape index (κ1) is 45.4. The van der Waals surface area contributed by atoms with Crippen LogP contribution in [0.5, 0.6) is 0 Å². The van der Waals surface area contributed by atoms with Crippen LogP contribution in [0.4, 0.5) is 17.6 Å². The van der Waals surface area contributed by atoms with Crippen molar-refractivity contribution in [3.63, 3.8) is 0 Å².